The Balaban J connectivity index is 2.27. The number of amides is 1. The van der Waals surface area contributed by atoms with Gasteiger partial charge in [-0.25, -0.2) is 4.39 Å². The quantitative estimate of drug-likeness (QED) is 0.789. The smallest absolute Gasteiger partial charge is 0.255 e. The number of nitrogens with zero attached hydrogens (tertiary/aromatic N) is 1. The van der Waals surface area contributed by atoms with Crippen molar-refractivity contribution in [2.24, 2.45) is 0 Å². The Hall–Kier alpha value is -0.900. The van der Waals surface area contributed by atoms with Crippen LogP contribution in [0.2, 0.25) is 0 Å². The van der Waals surface area contributed by atoms with Gasteiger partial charge in [-0.05, 0) is 53.4 Å². The van der Waals surface area contributed by atoms with Crippen LogP contribution in [0.15, 0.2) is 22.7 Å². The van der Waals surface area contributed by atoms with Crippen molar-refractivity contribution >= 4 is 21.8 Å². The zero-order chi connectivity index (χ0) is 13.8. The first-order valence-electron chi connectivity index (χ1n) is 6.89. The van der Waals surface area contributed by atoms with Gasteiger partial charge in [0.15, 0.2) is 0 Å². The fourth-order valence-electron chi connectivity index (χ4n) is 2.69. The number of rotatable bonds is 2. The Kier molecular flexibility index (Phi) is 4.97. The first kappa shape index (κ1) is 14.5. The molecule has 1 aromatic carbocycles. The van der Waals surface area contributed by atoms with Gasteiger partial charge >= 0.3 is 0 Å². The monoisotopic (exact) mass is 327 g/mol. The minimum atomic E-state index is -0.366. The molecule has 0 bridgehead atoms. The van der Waals surface area contributed by atoms with Crippen LogP contribution in [0.25, 0.3) is 0 Å². The number of benzene rings is 1. The molecule has 4 heteroatoms. The molecule has 2 rings (SSSR count). The van der Waals surface area contributed by atoms with Crippen molar-refractivity contribution in [2.45, 2.75) is 45.1 Å². The first-order valence-corrected chi connectivity index (χ1v) is 7.68. The lowest BCUT2D eigenvalue weighted by molar-refractivity contribution is 0.0676. The number of hydrogen-bond acceptors (Lipinski definition) is 1. The van der Waals surface area contributed by atoms with Crippen molar-refractivity contribution in [2.75, 3.05) is 6.54 Å². The van der Waals surface area contributed by atoms with Crippen LogP contribution in [-0.2, 0) is 0 Å². The second-order valence-corrected chi connectivity index (χ2v) is 5.89. The van der Waals surface area contributed by atoms with E-state index in [9.17, 15) is 9.18 Å². The van der Waals surface area contributed by atoms with Crippen molar-refractivity contribution in [3.8, 4) is 0 Å². The van der Waals surface area contributed by atoms with Crippen LogP contribution in [0.3, 0.4) is 0 Å². The van der Waals surface area contributed by atoms with E-state index in [4.69, 9.17) is 0 Å². The molecule has 1 saturated heterocycles. The van der Waals surface area contributed by atoms with Gasteiger partial charge in [0.2, 0.25) is 0 Å². The van der Waals surface area contributed by atoms with Crippen molar-refractivity contribution in [1.82, 2.24) is 4.90 Å². The van der Waals surface area contributed by atoms with Crippen LogP contribution in [-0.4, -0.2) is 23.4 Å². The highest BCUT2D eigenvalue weighted by Gasteiger charge is 2.26. The molecule has 0 spiro atoms. The van der Waals surface area contributed by atoms with Crippen LogP contribution in [0, 0.1) is 5.82 Å². The molecule has 1 unspecified atom stereocenters. The molecule has 2 nitrogen and oxygen atoms in total. The highest BCUT2D eigenvalue weighted by molar-refractivity contribution is 9.10. The van der Waals surface area contributed by atoms with Gasteiger partial charge in [-0.3, -0.25) is 4.79 Å². The van der Waals surface area contributed by atoms with Crippen molar-refractivity contribution in [3.05, 3.63) is 34.1 Å². The van der Waals surface area contributed by atoms with Gasteiger partial charge in [0.05, 0.1) is 5.56 Å². The predicted octanol–water partition coefficient (Wildman–Crippen LogP) is 4.38. The summed E-state index contributed by atoms with van der Waals surface area (Å²) in [5, 5.41) is 0. The van der Waals surface area contributed by atoms with Crippen LogP contribution >= 0.6 is 15.9 Å². The van der Waals surface area contributed by atoms with Gasteiger partial charge in [-0.1, -0.05) is 19.8 Å². The Labute approximate surface area is 122 Å². The van der Waals surface area contributed by atoms with Crippen LogP contribution < -0.4 is 0 Å². The molecule has 0 aliphatic carbocycles. The average molecular weight is 328 g/mol. The summed E-state index contributed by atoms with van der Waals surface area (Å²) in [6.07, 6.45) is 5.39. The summed E-state index contributed by atoms with van der Waals surface area (Å²) in [4.78, 5) is 14.5. The summed E-state index contributed by atoms with van der Waals surface area (Å²) in [6.45, 7) is 2.89. The molecular weight excluding hydrogens is 309 g/mol. The minimum absolute atomic E-state index is 0.0554. The molecule has 0 N–H and O–H groups in total. The minimum Gasteiger partial charge on any atom is -0.336 e. The third-order valence-corrected chi connectivity index (χ3v) is 4.46. The topological polar surface area (TPSA) is 20.3 Å². The Bertz CT molecular complexity index is 463. The van der Waals surface area contributed by atoms with Crippen LogP contribution in [0.1, 0.15) is 49.4 Å². The van der Waals surface area contributed by atoms with E-state index in [2.05, 4.69) is 22.9 Å². The molecule has 1 amide bonds. The average Bonchev–Trinajstić information content (AvgIpc) is 2.65. The second-order valence-electron chi connectivity index (χ2n) is 5.03. The van der Waals surface area contributed by atoms with Gasteiger partial charge in [0, 0.05) is 17.1 Å². The molecule has 1 heterocycles. The summed E-state index contributed by atoms with van der Waals surface area (Å²) < 4.78 is 14.0. The molecule has 1 aromatic rings. The van der Waals surface area contributed by atoms with Crippen LogP contribution in [0.5, 0.6) is 0 Å². The number of halogens is 2. The summed E-state index contributed by atoms with van der Waals surface area (Å²) in [7, 11) is 0. The van der Waals surface area contributed by atoms with Crippen LogP contribution in [0.4, 0.5) is 4.39 Å². The molecule has 0 saturated carbocycles. The highest BCUT2D eigenvalue weighted by Crippen LogP contribution is 2.25. The lowest BCUT2D eigenvalue weighted by Crippen LogP contribution is -2.39. The normalized spacial score (nSPS) is 20.2. The molecule has 1 aliphatic heterocycles. The van der Waals surface area contributed by atoms with Crippen molar-refractivity contribution in [3.63, 3.8) is 0 Å². The standard InChI is InChI=1S/C15H19BrFNO/c1-2-12-6-4-3-5-9-18(12)15(19)13-10-11(17)7-8-14(13)16/h7-8,10,12H,2-6,9H2,1H3. The summed E-state index contributed by atoms with van der Waals surface area (Å²) in [5.74, 6) is -0.422. The number of carbonyl (C=O) groups is 1. The maximum Gasteiger partial charge on any atom is 0.255 e. The first-order chi connectivity index (χ1) is 9.13. The lowest BCUT2D eigenvalue weighted by Gasteiger charge is -2.29. The van der Waals surface area contributed by atoms with E-state index < -0.39 is 0 Å². The lowest BCUT2D eigenvalue weighted by atomic mass is 10.1. The van der Waals surface area contributed by atoms with Gasteiger partial charge in [0.25, 0.3) is 5.91 Å². The zero-order valence-electron chi connectivity index (χ0n) is 11.2. The maximum absolute atomic E-state index is 13.3. The molecule has 104 valence electrons. The van der Waals surface area contributed by atoms with Crippen molar-refractivity contribution < 1.29 is 9.18 Å². The summed E-state index contributed by atoms with van der Waals surface area (Å²) in [5.41, 5.74) is 0.431. The van der Waals surface area contributed by atoms with E-state index in [0.29, 0.717) is 10.0 Å². The van der Waals surface area contributed by atoms with E-state index in [1.165, 1.54) is 25.0 Å². The summed E-state index contributed by atoms with van der Waals surface area (Å²) >= 11 is 3.34. The van der Waals surface area contributed by atoms with E-state index in [1.807, 2.05) is 4.90 Å². The Morgan fingerprint density at radius 3 is 2.95 bits per heavy atom. The number of carbonyl (C=O) groups excluding carboxylic acids is 1. The van der Waals surface area contributed by atoms with Gasteiger partial charge in [-0.2, -0.15) is 0 Å². The molecule has 19 heavy (non-hydrogen) atoms. The Morgan fingerprint density at radius 1 is 1.42 bits per heavy atom. The van der Waals surface area contributed by atoms with E-state index in [1.54, 1.807) is 6.07 Å². The molecule has 0 radical (unpaired) electrons. The fourth-order valence-corrected chi connectivity index (χ4v) is 3.10. The molecule has 1 atom stereocenters. The number of likely N-dealkylation sites (tertiary alicyclic amines) is 1. The largest absolute Gasteiger partial charge is 0.336 e. The van der Waals surface area contributed by atoms with Gasteiger partial charge < -0.3 is 4.90 Å². The third kappa shape index (κ3) is 3.35. The van der Waals surface area contributed by atoms with Gasteiger partial charge in [-0.15, -0.1) is 0 Å². The van der Waals surface area contributed by atoms with Crippen molar-refractivity contribution in [1.29, 1.82) is 0 Å². The molecule has 0 aromatic heterocycles. The third-order valence-electron chi connectivity index (χ3n) is 3.77. The van der Waals surface area contributed by atoms with Gasteiger partial charge in [0.1, 0.15) is 5.82 Å². The SMILES string of the molecule is CCC1CCCCCN1C(=O)c1cc(F)ccc1Br. The Morgan fingerprint density at radius 2 is 2.21 bits per heavy atom. The highest BCUT2D eigenvalue weighted by atomic mass is 79.9. The molecule has 1 aliphatic rings. The second kappa shape index (κ2) is 6.51. The summed E-state index contributed by atoms with van der Waals surface area (Å²) in [6, 6.07) is 4.57. The zero-order valence-corrected chi connectivity index (χ0v) is 12.7. The number of hydrogen-bond donors (Lipinski definition) is 0. The maximum atomic E-state index is 13.3. The molecule has 1 fully saturated rings. The van der Waals surface area contributed by atoms with E-state index in [0.717, 1.165) is 25.8 Å². The predicted molar refractivity (Wildman–Crippen MR) is 77.7 cm³/mol. The van der Waals surface area contributed by atoms with E-state index in [-0.39, 0.29) is 17.8 Å². The molecular formula is C15H19BrFNO. The van der Waals surface area contributed by atoms with E-state index >= 15 is 0 Å². The fraction of sp³-hybridized carbons (Fsp3) is 0.533.